The van der Waals surface area contributed by atoms with Gasteiger partial charge in [-0.3, -0.25) is 4.79 Å². The van der Waals surface area contributed by atoms with Crippen LogP contribution in [-0.2, 0) is 6.42 Å². The molecule has 4 nitrogen and oxygen atoms in total. The average molecular weight is 267 g/mol. The third-order valence-electron chi connectivity index (χ3n) is 3.23. The van der Waals surface area contributed by atoms with Gasteiger partial charge in [0.05, 0.1) is 7.11 Å². The molecule has 1 amide bonds. The predicted octanol–water partition coefficient (Wildman–Crippen LogP) is 2.27. The molecule has 0 unspecified atom stereocenters. The molecule has 5 heteroatoms. The number of methoxy groups -OCH3 is 1. The molecule has 2 heterocycles. The normalized spacial score (nSPS) is 14.4. The topological polar surface area (TPSA) is 54.1 Å². The molecular weight excluding hydrogens is 252 g/mol. The Hall–Kier alpha value is -1.68. The molecule has 0 bridgehead atoms. The highest BCUT2D eigenvalue weighted by Gasteiger charge is 2.20. The van der Waals surface area contributed by atoms with Gasteiger partial charge in [0.25, 0.3) is 5.91 Å². The van der Waals surface area contributed by atoms with Gasteiger partial charge in [-0.05, 0) is 36.6 Å². The summed E-state index contributed by atoms with van der Waals surface area (Å²) in [5.74, 6) is 0.816. The second kappa shape index (κ2) is 4.90. The fourth-order valence-electron chi connectivity index (χ4n) is 2.36. The van der Waals surface area contributed by atoms with Crippen LogP contribution in [0.15, 0.2) is 18.2 Å². The number of halogens is 1. The van der Waals surface area contributed by atoms with E-state index in [0.717, 1.165) is 41.6 Å². The lowest BCUT2D eigenvalue weighted by Gasteiger charge is -2.00. The Kier molecular flexibility index (Phi) is 3.48. The number of amides is 1. The fraction of sp³-hybridized carbons (Fsp3) is 0.308. The molecule has 96 valence electrons. The van der Waals surface area contributed by atoms with Gasteiger partial charge >= 0.3 is 0 Å². The Morgan fingerprint density at radius 2 is 2.17 bits per heavy atom. The second-order valence-electron chi connectivity index (χ2n) is 4.25. The summed E-state index contributed by atoms with van der Waals surface area (Å²) in [5.41, 5.74) is 2.80. The maximum Gasteiger partial charge on any atom is 0.268 e. The number of aromatic nitrogens is 1. The molecule has 0 saturated carbocycles. The highest BCUT2D eigenvalue weighted by Crippen LogP contribution is 2.28. The number of rotatable bonds is 1. The van der Waals surface area contributed by atoms with E-state index in [1.54, 1.807) is 7.11 Å². The molecule has 0 aliphatic carbocycles. The van der Waals surface area contributed by atoms with Crippen molar-refractivity contribution in [3.8, 4) is 5.75 Å². The molecule has 2 N–H and O–H groups in total. The highest BCUT2D eigenvalue weighted by atomic mass is 35.5. The van der Waals surface area contributed by atoms with Crippen molar-refractivity contribution in [3.05, 3.63) is 29.5 Å². The van der Waals surface area contributed by atoms with Crippen molar-refractivity contribution in [2.75, 3.05) is 13.7 Å². The van der Waals surface area contributed by atoms with E-state index >= 15 is 0 Å². The quantitative estimate of drug-likeness (QED) is 0.832. The van der Waals surface area contributed by atoms with Gasteiger partial charge in [0.1, 0.15) is 11.4 Å². The van der Waals surface area contributed by atoms with Crippen molar-refractivity contribution in [1.29, 1.82) is 0 Å². The summed E-state index contributed by atoms with van der Waals surface area (Å²) in [6.07, 6.45) is 1.89. The van der Waals surface area contributed by atoms with E-state index < -0.39 is 0 Å². The van der Waals surface area contributed by atoms with Gasteiger partial charge in [0.15, 0.2) is 0 Å². The van der Waals surface area contributed by atoms with Crippen molar-refractivity contribution < 1.29 is 9.53 Å². The first-order chi connectivity index (χ1) is 8.29. The van der Waals surface area contributed by atoms with Gasteiger partial charge in [-0.25, -0.2) is 0 Å². The van der Waals surface area contributed by atoms with Crippen LogP contribution in [0, 0.1) is 0 Å². The zero-order valence-electron chi connectivity index (χ0n) is 10.1. The minimum Gasteiger partial charge on any atom is -0.497 e. The summed E-state index contributed by atoms with van der Waals surface area (Å²) >= 11 is 0. The van der Waals surface area contributed by atoms with Gasteiger partial charge < -0.3 is 15.0 Å². The van der Waals surface area contributed by atoms with Crippen LogP contribution in [0.5, 0.6) is 5.75 Å². The van der Waals surface area contributed by atoms with E-state index in [1.807, 2.05) is 18.2 Å². The molecular formula is C13H15ClN2O2. The first-order valence-corrected chi connectivity index (χ1v) is 5.76. The second-order valence-corrected chi connectivity index (χ2v) is 4.25. The average Bonchev–Trinajstić information content (AvgIpc) is 2.62. The van der Waals surface area contributed by atoms with Crippen LogP contribution in [0.2, 0.25) is 0 Å². The van der Waals surface area contributed by atoms with E-state index in [9.17, 15) is 4.79 Å². The molecule has 1 aromatic carbocycles. The number of H-pyrrole nitrogens is 1. The third kappa shape index (κ3) is 1.93. The first-order valence-electron chi connectivity index (χ1n) is 5.76. The smallest absolute Gasteiger partial charge is 0.268 e. The monoisotopic (exact) mass is 266 g/mol. The number of hydrogen-bond donors (Lipinski definition) is 2. The van der Waals surface area contributed by atoms with Gasteiger partial charge in [-0.1, -0.05) is 0 Å². The number of fused-ring (bicyclic) bond motifs is 3. The molecule has 0 spiro atoms. The van der Waals surface area contributed by atoms with Crippen LogP contribution >= 0.6 is 12.4 Å². The number of carbonyl (C=O) groups is 1. The third-order valence-corrected chi connectivity index (χ3v) is 3.23. The number of nitrogens with one attached hydrogen (secondary N) is 2. The molecule has 3 rings (SSSR count). The molecule has 1 aliphatic rings. The molecule has 1 aliphatic heterocycles. The van der Waals surface area contributed by atoms with Crippen molar-refractivity contribution in [3.63, 3.8) is 0 Å². The first kappa shape index (κ1) is 12.8. The molecule has 2 aromatic rings. The largest absolute Gasteiger partial charge is 0.497 e. The lowest BCUT2D eigenvalue weighted by atomic mass is 10.1. The van der Waals surface area contributed by atoms with Crippen LogP contribution in [0.25, 0.3) is 10.9 Å². The van der Waals surface area contributed by atoms with Gasteiger partial charge in [0, 0.05) is 17.4 Å². The summed E-state index contributed by atoms with van der Waals surface area (Å²) in [5, 5.41) is 3.98. The van der Waals surface area contributed by atoms with Crippen LogP contribution in [-0.4, -0.2) is 24.5 Å². The minimum absolute atomic E-state index is 0. The molecule has 0 radical (unpaired) electrons. The summed E-state index contributed by atoms with van der Waals surface area (Å²) in [4.78, 5) is 15.0. The number of carbonyl (C=O) groups excluding carboxylic acids is 1. The van der Waals surface area contributed by atoms with Gasteiger partial charge in [0.2, 0.25) is 0 Å². The minimum atomic E-state index is -0.00679. The van der Waals surface area contributed by atoms with Gasteiger partial charge in [-0.2, -0.15) is 0 Å². The highest BCUT2D eigenvalue weighted by molar-refractivity contribution is 6.01. The molecule has 0 fully saturated rings. The van der Waals surface area contributed by atoms with Gasteiger partial charge in [-0.15, -0.1) is 12.4 Å². The summed E-state index contributed by atoms with van der Waals surface area (Å²) < 4.78 is 5.23. The number of aromatic amines is 1. The fourth-order valence-corrected chi connectivity index (χ4v) is 2.36. The van der Waals surface area contributed by atoms with E-state index in [-0.39, 0.29) is 18.3 Å². The Balaban J connectivity index is 0.00000120. The molecule has 0 saturated heterocycles. The standard InChI is InChI=1S/C13H14N2O2.ClH/c1-17-8-4-5-11-10(7-8)9-3-2-6-14-13(16)12(9)15-11;/h4-5,7,15H,2-3,6H2,1H3,(H,14,16);1H. The van der Waals surface area contributed by atoms with Crippen LogP contribution in [0.4, 0.5) is 0 Å². The summed E-state index contributed by atoms with van der Waals surface area (Å²) in [6.45, 7) is 0.743. The van der Waals surface area contributed by atoms with E-state index in [1.165, 1.54) is 0 Å². The number of hydrogen-bond acceptors (Lipinski definition) is 2. The summed E-state index contributed by atoms with van der Waals surface area (Å²) in [6, 6.07) is 5.84. The Morgan fingerprint density at radius 1 is 1.33 bits per heavy atom. The maximum atomic E-state index is 11.9. The zero-order chi connectivity index (χ0) is 11.8. The lowest BCUT2D eigenvalue weighted by Crippen LogP contribution is -2.22. The summed E-state index contributed by atoms with van der Waals surface area (Å²) in [7, 11) is 1.65. The van der Waals surface area contributed by atoms with Crippen LogP contribution in [0.1, 0.15) is 22.5 Å². The predicted molar refractivity (Wildman–Crippen MR) is 72.8 cm³/mol. The molecule has 1 aromatic heterocycles. The number of aryl methyl sites for hydroxylation is 1. The lowest BCUT2D eigenvalue weighted by molar-refractivity contribution is 0.0952. The van der Waals surface area contributed by atoms with Crippen molar-refractivity contribution in [1.82, 2.24) is 10.3 Å². The zero-order valence-corrected chi connectivity index (χ0v) is 10.9. The number of benzene rings is 1. The van der Waals surface area contributed by atoms with E-state index in [0.29, 0.717) is 5.69 Å². The van der Waals surface area contributed by atoms with Crippen LogP contribution < -0.4 is 10.1 Å². The SMILES string of the molecule is COc1ccc2[nH]c3c(c2c1)CCCNC3=O.Cl. The van der Waals surface area contributed by atoms with E-state index in [4.69, 9.17) is 4.74 Å². The molecule has 18 heavy (non-hydrogen) atoms. The van der Waals surface area contributed by atoms with Crippen molar-refractivity contribution in [2.45, 2.75) is 12.8 Å². The Morgan fingerprint density at radius 3 is 2.94 bits per heavy atom. The Bertz CT molecular complexity index is 592. The van der Waals surface area contributed by atoms with E-state index in [2.05, 4.69) is 10.3 Å². The van der Waals surface area contributed by atoms with Crippen LogP contribution in [0.3, 0.4) is 0 Å². The Labute approximate surface area is 111 Å². The maximum absolute atomic E-state index is 11.9. The van der Waals surface area contributed by atoms with Crippen molar-refractivity contribution >= 4 is 29.2 Å². The van der Waals surface area contributed by atoms with Crippen molar-refractivity contribution in [2.24, 2.45) is 0 Å². The molecule has 0 atom stereocenters. The number of ether oxygens (including phenoxy) is 1.